The minimum absolute atomic E-state index is 0.00554. The van der Waals surface area contributed by atoms with Crippen LogP contribution in [-0.4, -0.2) is 33.3 Å². The molecule has 2 N–H and O–H groups in total. The number of halogens is 1. The molecule has 0 saturated carbocycles. The number of hydrogen-bond acceptors (Lipinski definition) is 9. The maximum atomic E-state index is 12.2. The van der Waals surface area contributed by atoms with E-state index in [1.165, 1.54) is 6.08 Å². The molecule has 10 heteroatoms. The van der Waals surface area contributed by atoms with Crippen molar-refractivity contribution in [1.82, 2.24) is 15.0 Å². The zero-order valence-corrected chi connectivity index (χ0v) is 20.7. The summed E-state index contributed by atoms with van der Waals surface area (Å²) in [5, 5.41) is 15.3. The number of nitrogens with one attached hydrogen (secondary N) is 2. The summed E-state index contributed by atoms with van der Waals surface area (Å²) in [6.45, 7) is 3.92. The molecule has 3 rings (SSSR count). The second-order valence-electron chi connectivity index (χ2n) is 7.62. The molecule has 9 nitrogen and oxygen atoms in total. The topological polar surface area (TPSA) is 130 Å². The summed E-state index contributed by atoms with van der Waals surface area (Å²) in [5.41, 5.74) is 2.58. The summed E-state index contributed by atoms with van der Waals surface area (Å²) in [5.74, 6) is -0.101. The number of benzene rings is 2. The van der Waals surface area contributed by atoms with E-state index in [0.29, 0.717) is 28.9 Å². The predicted octanol–water partition coefficient (Wildman–Crippen LogP) is 5.86. The van der Waals surface area contributed by atoms with Crippen LogP contribution in [0, 0.1) is 11.3 Å². The predicted molar refractivity (Wildman–Crippen MR) is 138 cm³/mol. The molecule has 0 bridgehead atoms. The third-order valence-electron chi connectivity index (χ3n) is 4.92. The van der Waals surface area contributed by atoms with E-state index in [0.717, 1.165) is 12.8 Å². The Bertz CT molecular complexity index is 1280. The zero-order valence-electron chi connectivity index (χ0n) is 19.9. The van der Waals surface area contributed by atoms with Gasteiger partial charge in [0.2, 0.25) is 17.2 Å². The Labute approximate surface area is 214 Å². The van der Waals surface area contributed by atoms with Crippen LogP contribution in [0.25, 0.3) is 6.08 Å². The molecule has 0 fully saturated rings. The van der Waals surface area contributed by atoms with E-state index in [2.05, 4.69) is 32.5 Å². The highest BCUT2D eigenvalue weighted by Crippen LogP contribution is 2.21. The zero-order chi connectivity index (χ0) is 25.9. The van der Waals surface area contributed by atoms with Crippen molar-refractivity contribution in [2.24, 2.45) is 0 Å². The Kier molecular flexibility index (Phi) is 9.48. The van der Waals surface area contributed by atoms with E-state index in [9.17, 15) is 14.9 Å². The monoisotopic (exact) mass is 504 g/mol. The number of nitrogens with zero attached hydrogens (tertiary/aromatic N) is 4. The molecular weight excluding hydrogens is 480 g/mol. The molecule has 36 heavy (non-hydrogen) atoms. The Morgan fingerprint density at radius 3 is 2.08 bits per heavy atom. The number of anilines is 4. The van der Waals surface area contributed by atoms with Crippen LogP contribution in [0.5, 0.6) is 0 Å². The average Bonchev–Trinajstić information content (AvgIpc) is 2.87. The van der Waals surface area contributed by atoms with E-state index < -0.39 is 5.97 Å². The molecule has 0 radical (unpaired) electrons. The maximum Gasteiger partial charge on any atom is 0.348 e. The van der Waals surface area contributed by atoms with Gasteiger partial charge in [-0.3, -0.25) is 4.79 Å². The highest BCUT2D eigenvalue weighted by atomic mass is 35.5. The van der Waals surface area contributed by atoms with Gasteiger partial charge in [-0.2, -0.15) is 20.2 Å². The van der Waals surface area contributed by atoms with Crippen molar-refractivity contribution < 1.29 is 14.3 Å². The second kappa shape index (κ2) is 13.0. The van der Waals surface area contributed by atoms with E-state index in [4.69, 9.17) is 16.3 Å². The van der Waals surface area contributed by atoms with Crippen LogP contribution in [0.2, 0.25) is 5.28 Å². The van der Waals surface area contributed by atoms with Gasteiger partial charge >= 0.3 is 5.97 Å². The van der Waals surface area contributed by atoms with Crippen LogP contribution < -0.4 is 10.6 Å². The quantitative estimate of drug-likeness (QED) is 0.143. The number of ketones is 1. The van der Waals surface area contributed by atoms with Crippen LogP contribution in [0.1, 0.15) is 49.0 Å². The third-order valence-corrected chi connectivity index (χ3v) is 5.09. The van der Waals surface area contributed by atoms with Crippen molar-refractivity contribution in [2.75, 3.05) is 17.2 Å². The van der Waals surface area contributed by atoms with Gasteiger partial charge in [-0.15, -0.1) is 0 Å². The standard InChI is InChI=1S/C26H25ClN6O3/c1-3-5-6-22(34)18-9-13-21(14-10-18)30-26-32-24(27)31-25(33-26)29-20-11-7-17(8-12-20)15-19(16-28)23(35)36-4-2/h7-15H,3-6H2,1-2H3,(H2,29,30,31,32,33). The van der Waals surface area contributed by atoms with Crippen molar-refractivity contribution in [3.63, 3.8) is 0 Å². The fourth-order valence-electron chi connectivity index (χ4n) is 3.12. The van der Waals surface area contributed by atoms with E-state index in [1.54, 1.807) is 55.5 Å². The van der Waals surface area contributed by atoms with Crippen LogP contribution in [0.15, 0.2) is 54.1 Å². The van der Waals surface area contributed by atoms with Crippen molar-refractivity contribution >= 4 is 52.7 Å². The summed E-state index contributed by atoms with van der Waals surface area (Å²) in [7, 11) is 0. The van der Waals surface area contributed by atoms with Gasteiger partial charge in [-0.1, -0.05) is 25.5 Å². The van der Waals surface area contributed by atoms with Crippen LogP contribution >= 0.6 is 11.6 Å². The number of unbranched alkanes of at least 4 members (excludes halogenated alkanes) is 1. The van der Waals surface area contributed by atoms with Crippen LogP contribution in [-0.2, 0) is 9.53 Å². The average molecular weight is 505 g/mol. The Morgan fingerprint density at radius 1 is 0.972 bits per heavy atom. The Morgan fingerprint density at radius 2 is 1.56 bits per heavy atom. The Hall–Kier alpha value is -4.29. The van der Waals surface area contributed by atoms with Crippen molar-refractivity contribution in [3.8, 4) is 6.07 Å². The number of Topliss-reactive ketones (excluding diaryl/α,β-unsaturated/α-hetero) is 1. The van der Waals surface area contributed by atoms with Gasteiger partial charge in [0.25, 0.3) is 0 Å². The molecule has 1 heterocycles. The SMILES string of the molecule is CCCCC(=O)c1ccc(Nc2nc(Cl)nc(Nc3ccc(C=C(C#N)C(=O)OCC)cc3)n2)cc1. The number of carbonyl (C=O) groups excluding carboxylic acids is 2. The third kappa shape index (κ3) is 7.61. The van der Waals surface area contributed by atoms with Crippen molar-refractivity contribution in [1.29, 1.82) is 5.26 Å². The lowest BCUT2D eigenvalue weighted by Gasteiger charge is -2.09. The van der Waals surface area contributed by atoms with Gasteiger partial charge in [0, 0.05) is 23.4 Å². The van der Waals surface area contributed by atoms with Gasteiger partial charge in [-0.25, -0.2) is 4.79 Å². The molecule has 0 aliphatic heterocycles. The van der Waals surface area contributed by atoms with Gasteiger partial charge in [0.15, 0.2) is 5.78 Å². The van der Waals surface area contributed by atoms with Crippen molar-refractivity contribution in [2.45, 2.75) is 33.1 Å². The van der Waals surface area contributed by atoms with Gasteiger partial charge in [0.1, 0.15) is 11.6 Å². The smallest absolute Gasteiger partial charge is 0.348 e. The lowest BCUT2D eigenvalue weighted by Crippen LogP contribution is -2.06. The molecule has 0 unspecified atom stereocenters. The van der Waals surface area contributed by atoms with E-state index in [-0.39, 0.29) is 35.1 Å². The minimum Gasteiger partial charge on any atom is -0.462 e. The molecule has 0 atom stereocenters. The molecule has 0 spiro atoms. The van der Waals surface area contributed by atoms with E-state index in [1.807, 2.05) is 6.07 Å². The van der Waals surface area contributed by atoms with Crippen LogP contribution in [0.3, 0.4) is 0 Å². The first-order chi connectivity index (χ1) is 17.4. The number of nitriles is 1. The lowest BCUT2D eigenvalue weighted by molar-refractivity contribution is -0.137. The number of rotatable bonds is 11. The number of ether oxygens (including phenoxy) is 1. The highest BCUT2D eigenvalue weighted by Gasteiger charge is 2.11. The largest absolute Gasteiger partial charge is 0.462 e. The fourth-order valence-corrected chi connectivity index (χ4v) is 3.28. The molecule has 184 valence electrons. The summed E-state index contributed by atoms with van der Waals surface area (Å²) < 4.78 is 4.87. The summed E-state index contributed by atoms with van der Waals surface area (Å²) >= 11 is 6.08. The van der Waals surface area contributed by atoms with Gasteiger partial charge in [-0.05, 0) is 73.0 Å². The molecule has 3 aromatic rings. The van der Waals surface area contributed by atoms with Crippen molar-refractivity contribution in [3.05, 3.63) is 70.5 Å². The lowest BCUT2D eigenvalue weighted by atomic mass is 10.1. The maximum absolute atomic E-state index is 12.2. The Balaban J connectivity index is 1.69. The number of carbonyl (C=O) groups is 2. The first-order valence-corrected chi connectivity index (χ1v) is 11.8. The summed E-state index contributed by atoms with van der Waals surface area (Å²) in [4.78, 5) is 36.5. The first-order valence-electron chi connectivity index (χ1n) is 11.4. The molecule has 1 aromatic heterocycles. The number of aromatic nitrogens is 3. The van der Waals surface area contributed by atoms with E-state index >= 15 is 0 Å². The minimum atomic E-state index is -0.667. The highest BCUT2D eigenvalue weighted by molar-refractivity contribution is 6.28. The molecule has 0 saturated heterocycles. The molecule has 0 aliphatic carbocycles. The van der Waals surface area contributed by atoms with Gasteiger partial charge in [0.05, 0.1) is 6.61 Å². The fraction of sp³-hybridized carbons (Fsp3) is 0.231. The molecule has 2 aromatic carbocycles. The number of hydrogen-bond donors (Lipinski definition) is 2. The first kappa shape index (κ1) is 26.3. The van der Waals surface area contributed by atoms with Gasteiger partial charge < -0.3 is 15.4 Å². The van der Waals surface area contributed by atoms with Crippen LogP contribution in [0.4, 0.5) is 23.3 Å². The molecular formula is C26H25ClN6O3. The molecule has 0 aliphatic rings. The number of esters is 1. The normalized spacial score (nSPS) is 10.9. The summed E-state index contributed by atoms with van der Waals surface area (Å²) in [6, 6.07) is 15.9. The second-order valence-corrected chi connectivity index (χ2v) is 7.96. The molecule has 0 amide bonds. The summed E-state index contributed by atoms with van der Waals surface area (Å²) in [6.07, 6.45) is 3.82.